The Morgan fingerprint density at radius 2 is 2.19 bits per heavy atom. The fourth-order valence-electron chi connectivity index (χ4n) is 2.16. The Hall–Kier alpha value is -0.610. The average Bonchev–Trinajstić information content (AvgIpc) is 2.61. The zero-order valence-corrected chi connectivity index (χ0v) is 10.8. The van der Waals surface area contributed by atoms with Gasteiger partial charge in [0, 0.05) is 6.61 Å². The van der Waals surface area contributed by atoms with Crippen molar-refractivity contribution in [2.45, 2.75) is 46.3 Å². The summed E-state index contributed by atoms with van der Waals surface area (Å²) >= 11 is 0. The number of carbonyl (C=O) groups excluding carboxylic acids is 1. The van der Waals surface area contributed by atoms with Gasteiger partial charge >= 0.3 is 0 Å². The lowest BCUT2D eigenvalue weighted by molar-refractivity contribution is -0.133. The second-order valence-corrected chi connectivity index (χ2v) is 4.58. The van der Waals surface area contributed by atoms with Crippen LogP contribution < -0.4 is 5.32 Å². The van der Waals surface area contributed by atoms with E-state index in [1.807, 2.05) is 11.8 Å². The zero-order chi connectivity index (χ0) is 12.1. The normalized spacial score (nSPS) is 23.2. The van der Waals surface area contributed by atoms with Gasteiger partial charge < -0.3 is 9.64 Å². The van der Waals surface area contributed by atoms with Crippen molar-refractivity contribution in [2.24, 2.45) is 5.92 Å². The summed E-state index contributed by atoms with van der Waals surface area (Å²) < 4.78 is 5.49. The molecule has 1 fully saturated rings. The minimum absolute atomic E-state index is 0.181. The van der Waals surface area contributed by atoms with Gasteiger partial charge in [0.05, 0.1) is 25.4 Å². The molecule has 1 N–H and O–H groups in total. The summed E-state index contributed by atoms with van der Waals surface area (Å²) in [5.74, 6) is 0.620. The highest BCUT2D eigenvalue weighted by molar-refractivity contribution is 5.81. The Morgan fingerprint density at radius 1 is 1.50 bits per heavy atom. The van der Waals surface area contributed by atoms with E-state index in [1.165, 1.54) is 0 Å². The van der Waals surface area contributed by atoms with Crippen molar-refractivity contribution >= 4 is 5.91 Å². The summed E-state index contributed by atoms with van der Waals surface area (Å²) in [4.78, 5) is 13.8. The first-order valence-corrected chi connectivity index (χ1v) is 6.24. The van der Waals surface area contributed by atoms with Crippen LogP contribution in [0.25, 0.3) is 0 Å². The van der Waals surface area contributed by atoms with E-state index in [4.69, 9.17) is 4.74 Å². The maximum absolute atomic E-state index is 11.9. The fourth-order valence-corrected chi connectivity index (χ4v) is 2.16. The second kappa shape index (κ2) is 6.21. The van der Waals surface area contributed by atoms with Gasteiger partial charge in [-0.05, 0) is 19.3 Å². The van der Waals surface area contributed by atoms with Gasteiger partial charge in [-0.2, -0.15) is 0 Å². The molecule has 0 aromatic rings. The second-order valence-electron chi connectivity index (χ2n) is 4.58. The smallest absolute Gasteiger partial charge is 0.238 e. The lowest BCUT2D eigenvalue weighted by Gasteiger charge is -2.34. The Balaban J connectivity index is 2.70. The van der Waals surface area contributed by atoms with Crippen LogP contribution in [0, 0.1) is 5.92 Å². The van der Waals surface area contributed by atoms with Crippen molar-refractivity contribution in [3.8, 4) is 0 Å². The lowest BCUT2D eigenvalue weighted by atomic mass is 10.0. The topological polar surface area (TPSA) is 41.6 Å². The van der Waals surface area contributed by atoms with Crippen LogP contribution >= 0.6 is 0 Å². The monoisotopic (exact) mass is 228 g/mol. The zero-order valence-electron chi connectivity index (χ0n) is 10.8. The quantitative estimate of drug-likeness (QED) is 0.743. The molecule has 2 unspecified atom stereocenters. The molecule has 1 saturated heterocycles. The number of nitrogens with zero attached hydrogens (tertiary/aromatic N) is 1. The third kappa shape index (κ3) is 2.95. The summed E-state index contributed by atoms with van der Waals surface area (Å²) in [5.41, 5.74) is 0. The first kappa shape index (κ1) is 13.5. The number of hydrogen-bond donors (Lipinski definition) is 1. The van der Waals surface area contributed by atoms with Gasteiger partial charge in [-0.3, -0.25) is 10.1 Å². The summed E-state index contributed by atoms with van der Waals surface area (Å²) in [6.45, 7) is 10.2. The molecule has 1 amide bonds. The van der Waals surface area contributed by atoms with Gasteiger partial charge in [-0.25, -0.2) is 0 Å². The van der Waals surface area contributed by atoms with Crippen molar-refractivity contribution in [1.29, 1.82) is 0 Å². The molecule has 0 saturated carbocycles. The largest absolute Gasteiger partial charge is 0.380 e. The van der Waals surface area contributed by atoms with Crippen LogP contribution in [-0.2, 0) is 9.53 Å². The van der Waals surface area contributed by atoms with Gasteiger partial charge in [-0.1, -0.05) is 20.8 Å². The molecule has 1 heterocycles. The SMILES string of the molecule is CCOCC(C(C)C)N1C(=O)CNC1CC. The van der Waals surface area contributed by atoms with Crippen LogP contribution in [0.3, 0.4) is 0 Å². The molecule has 0 aromatic carbocycles. The Morgan fingerprint density at radius 3 is 2.69 bits per heavy atom. The average molecular weight is 228 g/mol. The number of carbonyl (C=O) groups is 1. The molecule has 1 aliphatic heterocycles. The number of nitrogens with one attached hydrogen (secondary N) is 1. The van der Waals surface area contributed by atoms with Crippen molar-refractivity contribution in [3.63, 3.8) is 0 Å². The summed E-state index contributed by atoms with van der Waals surface area (Å²) in [6, 6.07) is 0.187. The summed E-state index contributed by atoms with van der Waals surface area (Å²) in [5, 5.41) is 3.24. The van der Waals surface area contributed by atoms with Crippen molar-refractivity contribution in [1.82, 2.24) is 10.2 Å². The molecule has 4 nitrogen and oxygen atoms in total. The third-order valence-corrected chi connectivity index (χ3v) is 3.12. The molecule has 0 bridgehead atoms. The lowest BCUT2D eigenvalue weighted by Crippen LogP contribution is -2.49. The van der Waals surface area contributed by atoms with Crippen LogP contribution in [-0.4, -0.2) is 42.8 Å². The van der Waals surface area contributed by atoms with E-state index in [0.29, 0.717) is 25.7 Å². The van der Waals surface area contributed by atoms with Gasteiger partial charge in [0.1, 0.15) is 0 Å². The van der Waals surface area contributed by atoms with Crippen LogP contribution in [0.2, 0.25) is 0 Å². The molecular weight excluding hydrogens is 204 g/mol. The Bertz CT molecular complexity index is 231. The van der Waals surface area contributed by atoms with Crippen molar-refractivity contribution in [3.05, 3.63) is 0 Å². The molecular formula is C12H24N2O2. The van der Waals surface area contributed by atoms with Crippen LogP contribution in [0.5, 0.6) is 0 Å². The van der Waals surface area contributed by atoms with Crippen molar-refractivity contribution in [2.75, 3.05) is 19.8 Å². The minimum atomic E-state index is 0.181. The molecule has 1 rings (SSSR count). The Kier molecular flexibility index (Phi) is 5.22. The van der Waals surface area contributed by atoms with E-state index >= 15 is 0 Å². The first-order valence-electron chi connectivity index (χ1n) is 6.24. The summed E-state index contributed by atoms with van der Waals surface area (Å²) in [6.07, 6.45) is 1.13. The van der Waals surface area contributed by atoms with E-state index in [2.05, 4.69) is 26.1 Å². The molecule has 2 atom stereocenters. The molecule has 16 heavy (non-hydrogen) atoms. The highest BCUT2D eigenvalue weighted by Gasteiger charge is 2.36. The molecule has 0 aliphatic carbocycles. The predicted octanol–water partition coefficient (Wildman–Crippen LogP) is 1.22. The minimum Gasteiger partial charge on any atom is -0.380 e. The van der Waals surface area contributed by atoms with E-state index in [9.17, 15) is 4.79 Å². The molecule has 0 radical (unpaired) electrons. The molecule has 94 valence electrons. The molecule has 0 spiro atoms. The first-order chi connectivity index (χ1) is 7.61. The molecule has 1 aliphatic rings. The number of ether oxygens (including phenoxy) is 1. The number of rotatable bonds is 6. The molecule has 0 aromatic heterocycles. The van der Waals surface area contributed by atoms with Crippen LogP contribution in [0.4, 0.5) is 0 Å². The van der Waals surface area contributed by atoms with Crippen LogP contribution in [0.1, 0.15) is 34.1 Å². The van der Waals surface area contributed by atoms with Gasteiger partial charge in [0.25, 0.3) is 0 Å². The van der Waals surface area contributed by atoms with Gasteiger partial charge in [0.2, 0.25) is 5.91 Å². The van der Waals surface area contributed by atoms with Crippen LogP contribution in [0.15, 0.2) is 0 Å². The molecule has 4 heteroatoms. The maximum Gasteiger partial charge on any atom is 0.238 e. The van der Waals surface area contributed by atoms with E-state index < -0.39 is 0 Å². The maximum atomic E-state index is 11.9. The Labute approximate surface area is 98.3 Å². The third-order valence-electron chi connectivity index (χ3n) is 3.12. The highest BCUT2D eigenvalue weighted by atomic mass is 16.5. The van der Waals surface area contributed by atoms with E-state index in [1.54, 1.807) is 0 Å². The van der Waals surface area contributed by atoms with E-state index in [-0.39, 0.29) is 18.1 Å². The summed E-state index contributed by atoms with van der Waals surface area (Å²) in [7, 11) is 0. The highest BCUT2D eigenvalue weighted by Crippen LogP contribution is 2.19. The van der Waals surface area contributed by atoms with Crippen molar-refractivity contribution < 1.29 is 9.53 Å². The van der Waals surface area contributed by atoms with Gasteiger partial charge in [-0.15, -0.1) is 0 Å². The predicted molar refractivity (Wildman–Crippen MR) is 64.0 cm³/mol. The van der Waals surface area contributed by atoms with Gasteiger partial charge in [0.15, 0.2) is 0 Å². The standard InChI is InChI=1S/C12H24N2O2/c1-5-11-13-7-12(15)14(11)10(9(3)4)8-16-6-2/h9-11,13H,5-8H2,1-4H3. The number of hydrogen-bond acceptors (Lipinski definition) is 3. The number of amides is 1. The fraction of sp³-hybridized carbons (Fsp3) is 0.917. The van der Waals surface area contributed by atoms with E-state index in [0.717, 1.165) is 6.42 Å².